The number of hydrazone groups is 1. The molecular weight excluding hydrogens is 190 g/mol. The molecule has 0 spiro atoms. The number of phenolic OH excluding ortho intramolecular Hbond substituents is 1. The van der Waals surface area contributed by atoms with E-state index in [0.29, 0.717) is 17.3 Å². The number of amidine groups is 1. The first-order valence-corrected chi connectivity index (χ1v) is 4.00. The van der Waals surface area contributed by atoms with E-state index < -0.39 is 0 Å². The molecule has 4 nitrogen and oxygen atoms in total. The van der Waals surface area contributed by atoms with Crippen molar-refractivity contribution in [3.63, 3.8) is 0 Å². The van der Waals surface area contributed by atoms with Crippen molar-refractivity contribution in [2.24, 2.45) is 16.7 Å². The molecule has 0 bridgehead atoms. The third-order valence-electron chi connectivity index (χ3n) is 1.49. The Morgan fingerprint density at radius 2 is 2.15 bits per heavy atom. The molecule has 5 heteroatoms. The van der Waals surface area contributed by atoms with Crippen LogP contribution in [0.1, 0.15) is 5.56 Å². The average molecular weight is 200 g/mol. The second kappa shape index (κ2) is 4.00. The van der Waals surface area contributed by atoms with Gasteiger partial charge in [0.25, 0.3) is 0 Å². The molecule has 1 aromatic carbocycles. The zero-order valence-electron chi connectivity index (χ0n) is 6.87. The van der Waals surface area contributed by atoms with Gasteiger partial charge in [-0.3, -0.25) is 0 Å². The number of benzene rings is 1. The lowest BCUT2D eigenvalue weighted by molar-refractivity contribution is 0.475. The zero-order chi connectivity index (χ0) is 9.84. The highest BCUT2D eigenvalue weighted by atomic mass is 35.5. The minimum atomic E-state index is 0.104. The Morgan fingerprint density at radius 1 is 1.46 bits per heavy atom. The lowest BCUT2D eigenvalue weighted by Gasteiger charge is -2.01. The highest BCUT2D eigenvalue weighted by molar-refractivity contribution is 6.30. The maximum absolute atomic E-state index is 9.18. The summed E-state index contributed by atoms with van der Waals surface area (Å²) in [5, 5.41) is 13.0. The third kappa shape index (κ3) is 2.83. The van der Waals surface area contributed by atoms with Gasteiger partial charge < -0.3 is 16.7 Å². The van der Waals surface area contributed by atoms with Crippen molar-refractivity contribution < 1.29 is 5.11 Å². The van der Waals surface area contributed by atoms with Crippen molar-refractivity contribution in [2.75, 3.05) is 0 Å². The molecule has 0 aliphatic heterocycles. The summed E-state index contributed by atoms with van der Waals surface area (Å²) in [4.78, 5) is 0. The highest BCUT2D eigenvalue weighted by Crippen LogP contribution is 2.19. The maximum atomic E-state index is 9.18. The summed E-state index contributed by atoms with van der Waals surface area (Å²) in [6.07, 6.45) is 0.380. The van der Waals surface area contributed by atoms with Crippen LogP contribution in [0.4, 0.5) is 0 Å². The molecule has 70 valence electrons. The number of phenols is 1. The summed E-state index contributed by atoms with van der Waals surface area (Å²) in [6.45, 7) is 0. The van der Waals surface area contributed by atoms with Gasteiger partial charge in [-0.15, -0.1) is 0 Å². The standard InChI is InChI=1S/C8H10ClN3O/c9-6-1-5(2-7(13)4-6)3-8(10)12-11/h1-2,4,13H,3,11H2,(H2,10,12). The van der Waals surface area contributed by atoms with Gasteiger partial charge in [-0.1, -0.05) is 11.6 Å². The first-order valence-electron chi connectivity index (χ1n) is 3.62. The van der Waals surface area contributed by atoms with E-state index in [1.807, 2.05) is 0 Å². The van der Waals surface area contributed by atoms with E-state index in [2.05, 4.69) is 5.10 Å². The molecule has 0 heterocycles. The molecule has 0 amide bonds. The van der Waals surface area contributed by atoms with E-state index >= 15 is 0 Å². The van der Waals surface area contributed by atoms with Gasteiger partial charge in [-0.2, -0.15) is 5.10 Å². The van der Waals surface area contributed by atoms with Crippen molar-refractivity contribution in [3.8, 4) is 5.75 Å². The Morgan fingerprint density at radius 3 is 2.69 bits per heavy atom. The summed E-state index contributed by atoms with van der Waals surface area (Å²) in [5.41, 5.74) is 6.18. The van der Waals surface area contributed by atoms with Crippen molar-refractivity contribution in [2.45, 2.75) is 6.42 Å². The molecule has 0 unspecified atom stereocenters. The van der Waals surface area contributed by atoms with Crippen LogP contribution in [0.5, 0.6) is 5.75 Å². The predicted octanol–water partition coefficient (Wildman–Crippen LogP) is 0.819. The van der Waals surface area contributed by atoms with E-state index in [-0.39, 0.29) is 5.75 Å². The number of rotatable bonds is 2. The van der Waals surface area contributed by atoms with Gasteiger partial charge in [-0.25, -0.2) is 0 Å². The van der Waals surface area contributed by atoms with E-state index in [4.69, 9.17) is 23.2 Å². The zero-order valence-corrected chi connectivity index (χ0v) is 7.62. The van der Waals surface area contributed by atoms with Crippen LogP contribution in [0.2, 0.25) is 5.02 Å². The number of halogens is 1. The molecule has 0 aromatic heterocycles. The molecule has 0 fully saturated rings. The monoisotopic (exact) mass is 199 g/mol. The largest absolute Gasteiger partial charge is 0.508 e. The van der Waals surface area contributed by atoms with Gasteiger partial charge >= 0.3 is 0 Å². The third-order valence-corrected chi connectivity index (χ3v) is 1.71. The van der Waals surface area contributed by atoms with Gasteiger partial charge in [0.1, 0.15) is 11.6 Å². The highest BCUT2D eigenvalue weighted by Gasteiger charge is 2.00. The smallest absolute Gasteiger partial charge is 0.123 e. The predicted molar refractivity (Wildman–Crippen MR) is 52.6 cm³/mol. The molecule has 1 aromatic rings. The average Bonchev–Trinajstić information content (AvgIpc) is 2.02. The first-order chi connectivity index (χ1) is 6.11. The van der Waals surface area contributed by atoms with Crippen LogP contribution in [-0.2, 0) is 6.42 Å². The number of nitrogens with zero attached hydrogens (tertiary/aromatic N) is 1. The molecule has 0 saturated heterocycles. The number of hydrogen-bond donors (Lipinski definition) is 3. The fraction of sp³-hybridized carbons (Fsp3) is 0.125. The van der Waals surface area contributed by atoms with E-state index in [9.17, 15) is 5.11 Å². The van der Waals surface area contributed by atoms with Crippen LogP contribution in [-0.4, -0.2) is 10.9 Å². The molecular formula is C8H10ClN3O. The van der Waals surface area contributed by atoms with Crippen molar-refractivity contribution in [1.29, 1.82) is 0 Å². The van der Waals surface area contributed by atoms with E-state index in [0.717, 1.165) is 5.56 Å². The quantitative estimate of drug-likeness (QED) is 0.285. The van der Waals surface area contributed by atoms with Crippen LogP contribution in [0, 0.1) is 0 Å². The Hall–Kier alpha value is -1.42. The minimum absolute atomic E-state index is 0.104. The van der Waals surface area contributed by atoms with Gasteiger partial charge in [0.15, 0.2) is 0 Å². The fourth-order valence-corrected chi connectivity index (χ4v) is 1.24. The van der Waals surface area contributed by atoms with E-state index in [1.165, 1.54) is 6.07 Å². The van der Waals surface area contributed by atoms with Crippen molar-refractivity contribution >= 4 is 17.4 Å². The number of hydrogen-bond acceptors (Lipinski definition) is 3. The normalized spacial score (nSPS) is 11.6. The molecule has 1 rings (SSSR count). The second-order valence-corrected chi connectivity index (χ2v) is 3.05. The van der Waals surface area contributed by atoms with E-state index in [1.54, 1.807) is 12.1 Å². The van der Waals surface area contributed by atoms with Crippen LogP contribution >= 0.6 is 11.6 Å². The summed E-state index contributed by atoms with van der Waals surface area (Å²) in [5.74, 6) is 5.36. The molecule has 0 radical (unpaired) electrons. The summed E-state index contributed by atoms with van der Waals surface area (Å²) in [6, 6.07) is 4.70. The van der Waals surface area contributed by atoms with Crippen LogP contribution in [0.25, 0.3) is 0 Å². The fourth-order valence-electron chi connectivity index (χ4n) is 0.990. The Balaban J connectivity index is 2.89. The van der Waals surface area contributed by atoms with Gasteiger partial charge in [0.2, 0.25) is 0 Å². The number of aromatic hydroxyl groups is 1. The molecule has 0 aliphatic rings. The van der Waals surface area contributed by atoms with Gasteiger partial charge in [0.05, 0.1) is 0 Å². The molecule has 0 atom stereocenters. The Kier molecular flexibility index (Phi) is 2.97. The van der Waals surface area contributed by atoms with Crippen molar-refractivity contribution in [1.82, 2.24) is 0 Å². The first kappa shape index (κ1) is 9.67. The maximum Gasteiger partial charge on any atom is 0.123 e. The SMILES string of the molecule is N/N=C(\N)Cc1cc(O)cc(Cl)c1. The Labute approximate surface area is 80.8 Å². The number of nitrogens with two attached hydrogens (primary N) is 2. The van der Waals surface area contributed by atoms with Crippen LogP contribution < -0.4 is 11.6 Å². The lowest BCUT2D eigenvalue weighted by Crippen LogP contribution is -2.16. The van der Waals surface area contributed by atoms with Gasteiger partial charge in [0, 0.05) is 11.4 Å². The van der Waals surface area contributed by atoms with Crippen LogP contribution in [0.15, 0.2) is 23.3 Å². The molecule has 0 saturated carbocycles. The minimum Gasteiger partial charge on any atom is -0.508 e. The lowest BCUT2D eigenvalue weighted by atomic mass is 10.1. The van der Waals surface area contributed by atoms with Crippen LogP contribution in [0.3, 0.4) is 0 Å². The molecule has 0 aliphatic carbocycles. The summed E-state index contributed by atoms with van der Waals surface area (Å²) in [7, 11) is 0. The second-order valence-electron chi connectivity index (χ2n) is 2.61. The summed E-state index contributed by atoms with van der Waals surface area (Å²) < 4.78 is 0. The molecule has 13 heavy (non-hydrogen) atoms. The summed E-state index contributed by atoms with van der Waals surface area (Å²) >= 11 is 5.70. The topological polar surface area (TPSA) is 84.6 Å². The molecule has 5 N–H and O–H groups in total. The Bertz CT molecular complexity index is 318. The van der Waals surface area contributed by atoms with Gasteiger partial charge in [-0.05, 0) is 23.8 Å². The van der Waals surface area contributed by atoms with Crippen molar-refractivity contribution in [3.05, 3.63) is 28.8 Å².